The molecule has 0 aliphatic carbocycles. The number of carbonyl (C=O) groups is 2. The number of aromatic nitrogens is 1. The number of allylic oxidation sites excluding steroid dienone is 1. The summed E-state index contributed by atoms with van der Waals surface area (Å²) in [6.07, 6.45) is 1.58. The van der Waals surface area contributed by atoms with Crippen molar-refractivity contribution >= 4 is 68.5 Å². The molecule has 2 heterocycles. The fraction of sp³-hybridized carbons (Fsp3) is 0.259. The Morgan fingerprint density at radius 2 is 1.78 bits per heavy atom. The minimum absolute atomic E-state index is 0.0161. The van der Waals surface area contributed by atoms with Crippen molar-refractivity contribution in [2.24, 2.45) is 4.99 Å². The lowest BCUT2D eigenvalue weighted by Crippen LogP contribution is -2.40. The fourth-order valence-corrected chi connectivity index (χ4v) is 6.45. The lowest BCUT2D eigenvalue weighted by molar-refractivity contribution is -0.140. The van der Waals surface area contributed by atoms with E-state index < -0.39 is 30.1 Å². The van der Waals surface area contributed by atoms with E-state index in [0.717, 1.165) is 11.3 Å². The molecule has 0 spiro atoms. The Labute approximate surface area is 256 Å². The number of fused-ring (bicyclic) bond motifs is 1. The van der Waals surface area contributed by atoms with Gasteiger partial charge in [0.05, 0.1) is 52.7 Å². The normalized spacial score (nSPS) is 14.8. The first-order chi connectivity index (χ1) is 19.5. The van der Waals surface area contributed by atoms with Crippen LogP contribution in [0.3, 0.4) is 0 Å². The molecule has 0 saturated carbocycles. The van der Waals surface area contributed by atoms with Gasteiger partial charge in [-0.3, -0.25) is 9.36 Å². The van der Waals surface area contributed by atoms with Crippen molar-refractivity contribution in [2.75, 3.05) is 27.4 Å². The first-order valence-electron chi connectivity index (χ1n) is 11.9. The van der Waals surface area contributed by atoms with Gasteiger partial charge in [-0.05, 0) is 55.3 Å². The quantitative estimate of drug-likeness (QED) is 0.330. The molecule has 1 atom stereocenters. The Balaban J connectivity index is 1.93. The first-order valence-corrected chi connectivity index (χ1v) is 14.3. The third-order valence-electron chi connectivity index (χ3n) is 5.97. The Morgan fingerprint density at radius 1 is 1.15 bits per heavy atom. The van der Waals surface area contributed by atoms with Crippen molar-refractivity contribution in [3.8, 4) is 17.2 Å². The number of carboxylic acid groups (broad SMARTS) is 1. The lowest BCUT2D eigenvalue weighted by atomic mass is 9.95. The van der Waals surface area contributed by atoms with Crippen molar-refractivity contribution in [1.82, 2.24) is 4.57 Å². The minimum Gasteiger partial charge on any atom is -0.493 e. The Kier molecular flexibility index (Phi) is 9.48. The van der Waals surface area contributed by atoms with Crippen molar-refractivity contribution in [2.45, 2.75) is 19.9 Å². The molecule has 1 aromatic heterocycles. The highest BCUT2D eigenvalue weighted by atomic mass is 79.9. The van der Waals surface area contributed by atoms with Gasteiger partial charge < -0.3 is 24.1 Å². The molecule has 2 aromatic carbocycles. The summed E-state index contributed by atoms with van der Waals surface area (Å²) in [6.45, 7) is 2.89. The number of hydrogen-bond donors (Lipinski definition) is 1. The number of halogens is 3. The minimum atomic E-state index is -1.18. The number of nitrogens with zero attached hydrogens (tertiary/aromatic N) is 2. The number of ether oxygens (including phenoxy) is 4. The third kappa shape index (κ3) is 6.15. The van der Waals surface area contributed by atoms with E-state index in [-0.39, 0.29) is 32.5 Å². The van der Waals surface area contributed by atoms with Crippen LogP contribution in [0, 0.1) is 0 Å². The van der Waals surface area contributed by atoms with E-state index >= 15 is 0 Å². The standard InChI is InChI=1S/C27H23BrCl2N2O8S/c1-5-39-26(36)22-12(2)31-27-32(23(22)14-9-18(37-3)19(38-4)10-15(14)28)25(35)20(41-27)8-13-6-16(29)24(17(30)7-13)40-11-21(33)34/h6-10,23H,5,11H2,1-4H3,(H,33,34)/b20-8-/t23-/m1/s1. The summed E-state index contributed by atoms with van der Waals surface area (Å²) in [5.74, 6) is -0.915. The summed E-state index contributed by atoms with van der Waals surface area (Å²) in [4.78, 5) is 42.9. The summed E-state index contributed by atoms with van der Waals surface area (Å²) in [5.41, 5.74) is 1.20. The maximum absolute atomic E-state index is 13.9. The molecule has 1 N–H and O–H groups in total. The van der Waals surface area contributed by atoms with Crippen LogP contribution in [0.1, 0.15) is 31.0 Å². The molecule has 3 aromatic rings. The van der Waals surface area contributed by atoms with Gasteiger partial charge in [0, 0.05) is 4.47 Å². The van der Waals surface area contributed by atoms with Crippen LogP contribution in [0.5, 0.6) is 17.2 Å². The molecule has 4 rings (SSSR count). The average molecular weight is 686 g/mol. The van der Waals surface area contributed by atoms with Crippen LogP contribution < -0.4 is 29.1 Å². The van der Waals surface area contributed by atoms with Gasteiger partial charge in [-0.2, -0.15) is 0 Å². The number of methoxy groups -OCH3 is 2. The highest BCUT2D eigenvalue weighted by Gasteiger charge is 2.35. The van der Waals surface area contributed by atoms with E-state index in [2.05, 4.69) is 20.9 Å². The van der Waals surface area contributed by atoms with Gasteiger partial charge in [-0.1, -0.05) is 50.5 Å². The molecule has 1 aliphatic heterocycles. The molecule has 14 heteroatoms. The predicted molar refractivity (Wildman–Crippen MR) is 157 cm³/mol. The highest BCUT2D eigenvalue weighted by molar-refractivity contribution is 9.10. The zero-order valence-electron chi connectivity index (χ0n) is 22.1. The second kappa shape index (κ2) is 12.7. The Hall–Kier alpha value is -3.32. The molecule has 0 radical (unpaired) electrons. The van der Waals surface area contributed by atoms with Crippen molar-refractivity contribution in [3.05, 3.63) is 80.9 Å². The molecule has 41 heavy (non-hydrogen) atoms. The molecular formula is C27H23BrCl2N2O8S. The van der Waals surface area contributed by atoms with Crippen LogP contribution in [-0.4, -0.2) is 49.0 Å². The molecule has 0 fully saturated rings. The number of aliphatic carboxylic acids is 1. The van der Waals surface area contributed by atoms with Crippen LogP contribution in [0.4, 0.5) is 0 Å². The first kappa shape index (κ1) is 30.6. The molecule has 0 saturated heterocycles. The van der Waals surface area contributed by atoms with Crippen LogP contribution >= 0.6 is 50.5 Å². The second-order valence-corrected chi connectivity index (χ2v) is 11.2. The molecule has 0 bridgehead atoms. The van der Waals surface area contributed by atoms with Gasteiger partial charge in [-0.25, -0.2) is 14.6 Å². The van der Waals surface area contributed by atoms with Crippen LogP contribution in [-0.2, 0) is 14.3 Å². The monoisotopic (exact) mass is 684 g/mol. The second-order valence-electron chi connectivity index (χ2n) is 8.53. The number of thiazole rings is 1. The smallest absolute Gasteiger partial charge is 0.341 e. The van der Waals surface area contributed by atoms with Gasteiger partial charge in [0.25, 0.3) is 5.56 Å². The fourth-order valence-electron chi connectivity index (χ4n) is 4.25. The number of rotatable bonds is 9. The van der Waals surface area contributed by atoms with Crippen LogP contribution in [0.15, 0.2) is 49.8 Å². The van der Waals surface area contributed by atoms with Crippen LogP contribution in [0.25, 0.3) is 6.08 Å². The maximum Gasteiger partial charge on any atom is 0.341 e. The summed E-state index contributed by atoms with van der Waals surface area (Å²) in [7, 11) is 2.99. The van der Waals surface area contributed by atoms with Gasteiger partial charge in [0.2, 0.25) is 0 Å². The zero-order chi connectivity index (χ0) is 30.0. The third-order valence-corrected chi connectivity index (χ3v) is 8.20. The van der Waals surface area contributed by atoms with Crippen LogP contribution in [0.2, 0.25) is 10.0 Å². The number of carbonyl (C=O) groups excluding carboxylic acids is 1. The van der Waals surface area contributed by atoms with Gasteiger partial charge >= 0.3 is 11.9 Å². The van der Waals surface area contributed by atoms with Gasteiger partial charge in [0.15, 0.2) is 28.7 Å². The number of carboxylic acids is 1. The number of hydrogen-bond acceptors (Lipinski definition) is 9. The van der Waals surface area contributed by atoms with Gasteiger partial charge in [0.1, 0.15) is 0 Å². The molecule has 216 valence electrons. The molecular weight excluding hydrogens is 663 g/mol. The van der Waals surface area contributed by atoms with E-state index in [4.69, 9.17) is 47.3 Å². The average Bonchev–Trinajstić information content (AvgIpc) is 3.21. The maximum atomic E-state index is 13.9. The number of esters is 1. The lowest BCUT2D eigenvalue weighted by Gasteiger charge is -2.26. The van der Waals surface area contributed by atoms with Crippen molar-refractivity contribution in [3.63, 3.8) is 0 Å². The Bertz CT molecular complexity index is 1740. The van der Waals surface area contributed by atoms with Crippen molar-refractivity contribution in [1.29, 1.82) is 0 Å². The molecule has 0 unspecified atom stereocenters. The Morgan fingerprint density at radius 3 is 2.37 bits per heavy atom. The predicted octanol–water partition coefficient (Wildman–Crippen LogP) is 4.35. The topological polar surface area (TPSA) is 126 Å². The van der Waals surface area contributed by atoms with E-state index in [9.17, 15) is 14.4 Å². The van der Waals surface area contributed by atoms with E-state index in [1.165, 1.54) is 30.9 Å². The molecule has 10 nitrogen and oxygen atoms in total. The van der Waals surface area contributed by atoms with Gasteiger partial charge in [-0.15, -0.1) is 0 Å². The zero-order valence-corrected chi connectivity index (χ0v) is 26.0. The molecule has 0 amide bonds. The van der Waals surface area contributed by atoms with Crippen molar-refractivity contribution < 1.29 is 33.6 Å². The summed E-state index contributed by atoms with van der Waals surface area (Å²) >= 11 is 17.3. The molecule has 1 aliphatic rings. The highest BCUT2D eigenvalue weighted by Crippen LogP contribution is 2.41. The summed E-state index contributed by atoms with van der Waals surface area (Å²) in [5, 5.41) is 9.03. The number of benzene rings is 2. The van der Waals surface area contributed by atoms with E-state index in [0.29, 0.717) is 37.6 Å². The van der Waals surface area contributed by atoms with E-state index in [1.54, 1.807) is 32.1 Å². The largest absolute Gasteiger partial charge is 0.493 e. The summed E-state index contributed by atoms with van der Waals surface area (Å²) < 4.78 is 23.7. The SMILES string of the molecule is CCOC(=O)C1=C(C)N=c2s/c(=C\c3cc(Cl)c(OCC(=O)O)c(Cl)c3)c(=O)n2[C@@H]1c1cc(OC)c(OC)cc1Br. The summed E-state index contributed by atoms with van der Waals surface area (Å²) in [6, 6.07) is 5.49. The van der Waals surface area contributed by atoms with E-state index in [1.807, 2.05) is 0 Å².